The van der Waals surface area contributed by atoms with Crippen LogP contribution < -0.4 is 9.46 Å². The van der Waals surface area contributed by atoms with Crippen molar-refractivity contribution >= 4 is 31.9 Å². The van der Waals surface area contributed by atoms with E-state index in [0.717, 1.165) is 0 Å². The number of nitrogens with zero attached hydrogens (tertiary/aromatic N) is 1. The Bertz CT molecular complexity index is 1490. The van der Waals surface area contributed by atoms with Gasteiger partial charge in [-0.05, 0) is 63.2 Å². The number of halogens is 1. The van der Waals surface area contributed by atoms with Gasteiger partial charge in [-0.2, -0.15) is 0 Å². The first-order valence-corrected chi connectivity index (χ1v) is 13.6. The number of aromatic nitrogens is 1. The minimum atomic E-state index is -4.06. The van der Waals surface area contributed by atoms with Crippen LogP contribution >= 0.6 is 0 Å². The monoisotopic (exact) mass is 514 g/mol. The second kappa shape index (κ2) is 9.56. The molecule has 0 aliphatic heterocycles. The highest BCUT2D eigenvalue weighted by atomic mass is 32.2. The van der Waals surface area contributed by atoms with Crippen molar-refractivity contribution in [3.05, 3.63) is 95.9 Å². The van der Waals surface area contributed by atoms with Gasteiger partial charge in [0.2, 0.25) is 0 Å². The minimum absolute atomic E-state index is 0.101. The quantitative estimate of drug-likeness (QED) is 0.369. The van der Waals surface area contributed by atoms with Crippen LogP contribution in [0.4, 0.5) is 4.39 Å². The molecule has 0 saturated carbocycles. The molecule has 9 heteroatoms. The van der Waals surface area contributed by atoms with Gasteiger partial charge in [0.05, 0.1) is 45.0 Å². The van der Waals surface area contributed by atoms with Gasteiger partial charge >= 0.3 is 0 Å². The molecule has 0 unspecified atom stereocenters. The Hall–Kier alpha value is -3.01. The van der Waals surface area contributed by atoms with Crippen LogP contribution in [-0.2, 0) is 21.0 Å². The summed E-state index contributed by atoms with van der Waals surface area (Å²) in [6, 6.07) is 19.9. The molecule has 1 aromatic heterocycles. The number of benzene rings is 3. The Balaban J connectivity index is 2.05. The van der Waals surface area contributed by atoms with Gasteiger partial charge in [-0.1, -0.05) is 36.4 Å². The fourth-order valence-corrected chi connectivity index (χ4v) is 6.20. The lowest BCUT2D eigenvalue weighted by molar-refractivity contribution is 0.404. The lowest BCUT2D eigenvalue weighted by Gasteiger charge is -2.27. The largest absolute Gasteiger partial charge is 0.496 e. The van der Waals surface area contributed by atoms with Crippen molar-refractivity contribution in [3.63, 3.8) is 0 Å². The molecule has 0 fully saturated rings. The van der Waals surface area contributed by atoms with E-state index in [1.807, 2.05) is 6.07 Å². The van der Waals surface area contributed by atoms with E-state index in [1.165, 1.54) is 41.4 Å². The first-order valence-electron chi connectivity index (χ1n) is 11.0. The third kappa shape index (κ3) is 4.89. The fourth-order valence-electron chi connectivity index (χ4n) is 3.82. The number of para-hydroxylation sites is 1. The maximum Gasteiger partial charge on any atom is 0.268 e. The van der Waals surface area contributed by atoms with Gasteiger partial charge in [-0.15, -0.1) is 0 Å². The van der Waals surface area contributed by atoms with Crippen molar-refractivity contribution < 1.29 is 21.8 Å². The van der Waals surface area contributed by atoms with Crippen molar-refractivity contribution in [2.75, 3.05) is 7.11 Å². The molecular formula is C26H27FN2O4S2. The number of ether oxygens (including phenoxy) is 1. The highest BCUT2D eigenvalue weighted by Gasteiger charge is 2.33. The first kappa shape index (κ1) is 25.1. The van der Waals surface area contributed by atoms with E-state index in [2.05, 4.69) is 4.72 Å². The van der Waals surface area contributed by atoms with Gasteiger partial charge in [0.25, 0.3) is 10.0 Å². The first-order chi connectivity index (χ1) is 16.5. The van der Waals surface area contributed by atoms with Gasteiger partial charge in [0.1, 0.15) is 11.6 Å². The summed E-state index contributed by atoms with van der Waals surface area (Å²) in [5, 5.41) is 0.672. The van der Waals surface area contributed by atoms with Crippen LogP contribution in [-0.4, -0.2) is 28.5 Å². The number of rotatable bonds is 7. The third-order valence-corrected chi connectivity index (χ3v) is 8.87. The zero-order valence-electron chi connectivity index (χ0n) is 19.9. The normalized spacial score (nSPS) is 14.1. The van der Waals surface area contributed by atoms with Gasteiger partial charge in [0, 0.05) is 10.9 Å². The van der Waals surface area contributed by atoms with Gasteiger partial charge < -0.3 is 4.74 Å². The zero-order valence-corrected chi connectivity index (χ0v) is 21.5. The molecule has 4 rings (SSSR count). The average Bonchev–Trinajstić information content (AvgIpc) is 3.22. The Kier molecular flexibility index (Phi) is 6.86. The molecule has 35 heavy (non-hydrogen) atoms. The highest BCUT2D eigenvalue weighted by Crippen LogP contribution is 2.37. The molecule has 6 nitrogen and oxygen atoms in total. The summed E-state index contributed by atoms with van der Waals surface area (Å²) in [5.74, 6) is -0.188. The number of hydrogen-bond donors (Lipinski definition) is 1. The van der Waals surface area contributed by atoms with Gasteiger partial charge in [-0.3, -0.25) is 0 Å². The Morgan fingerprint density at radius 3 is 2.29 bits per heavy atom. The summed E-state index contributed by atoms with van der Waals surface area (Å²) in [4.78, 5) is 0.101. The van der Waals surface area contributed by atoms with E-state index < -0.39 is 37.6 Å². The standard InChI is InChI=1S/C26H27FN2O4S2/c1-26(2,3)34(30)28-25(21-17-19(27)14-15-24(21)33-4)23-16-18-10-8-9-13-22(18)29(23)35(31,32)20-11-6-5-7-12-20/h5-17,25,28H,1-4H3/t25-,34-/m0/s1. The topological polar surface area (TPSA) is 77.4 Å². The van der Waals surface area contributed by atoms with E-state index in [-0.39, 0.29) is 10.6 Å². The predicted octanol–water partition coefficient (Wildman–Crippen LogP) is 5.17. The molecule has 0 aliphatic rings. The smallest absolute Gasteiger partial charge is 0.268 e. The van der Waals surface area contributed by atoms with Crippen molar-refractivity contribution in [2.24, 2.45) is 0 Å². The Morgan fingerprint density at radius 2 is 1.63 bits per heavy atom. The maximum atomic E-state index is 14.5. The molecule has 0 aliphatic carbocycles. The Labute approximate surface area is 207 Å². The molecule has 0 saturated heterocycles. The lowest BCUT2D eigenvalue weighted by atomic mass is 10.0. The predicted molar refractivity (Wildman–Crippen MR) is 137 cm³/mol. The molecular weight excluding hydrogens is 487 g/mol. The molecule has 1 heterocycles. The SMILES string of the molecule is COc1ccc(F)cc1[C@H](N[S@@](=O)C(C)(C)C)c1cc2ccccc2n1S(=O)(=O)c1ccccc1. The van der Waals surface area contributed by atoms with Crippen LogP contribution in [0.2, 0.25) is 0 Å². The number of fused-ring (bicyclic) bond motifs is 1. The molecule has 0 amide bonds. The molecule has 184 valence electrons. The minimum Gasteiger partial charge on any atom is -0.496 e. The van der Waals surface area contributed by atoms with Crippen LogP contribution in [0.3, 0.4) is 0 Å². The highest BCUT2D eigenvalue weighted by molar-refractivity contribution is 7.90. The second-order valence-corrected chi connectivity index (χ2v) is 12.8. The summed E-state index contributed by atoms with van der Waals surface area (Å²) in [6.07, 6.45) is 0. The molecule has 2 atom stereocenters. The Morgan fingerprint density at radius 1 is 0.971 bits per heavy atom. The van der Waals surface area contributed by atoms with E-state index >= 15 is 0 Å². The van der Waals surface area contributed by atoms with Crippen LogP contribution in [0.25, 0.3) is 10.9 Å². The second-order valence-electron chi connectivity index (χ2n) is 9.03. The summed E-state index contributed by atoms with van der Waals surface area (Å²) < 4.78 is 64.7. The number of methoxy groups -OCH3 is 1. The zero-order chi connectivity index (χ0) is 25.4. The van der Waals surface area contributed by atoms with E-state index in [1.54, 1.807) is 63.2 Å². The summed E-state index contributed by atoms with van der Waals surface area (Å²) in [7, 11) is -4.24. The van der Waals surface area contributed by atoms with Gasteiger partial charge in [0.15, 0.2) is 0 Å². The molecule has 4 aromatic rings. The van der Waals surface area contributed by atoms with Crippen LogP contribution in [0.5, 0.6) is 5.75 Å². The van der Waals surface area contributed by atoms with E-state index in [0.29, 0.717) is 22.2 Å². The van der Waals surface area contributed by atoms with Crippen LogP contribution in [0.1, 0.15) is 38.1 Å². The van der Waals surface area contributed by atoms with E-state index in [9.17, 15) is 17.0 Å². The molecule has 0 radical (unpaired) electrons. The summed E-state index contributed by atoms with van der Waals surface area (Å²) >= 11 is 0. The van der Waals surface area contributed by atoms with Gasteiger partial charge in [-0.25, -0.2) is 25.7 Å². The van der Waals surface area contributed by atoms with Crippen molar-refractivity contribution in [3.8, 4) is 5.75 Å². The summed E-state index contributed by atoms with van der Waals surface area (Å²) in [6.45, 7) is 5.39. The van der Waals surface area contributed by atoms with Crippen molar-refractivity contribution in [1.82, 2.24) is 8.69 Å². The molecule has 0 spiro atoms. The summed E-state index contributed by atoms with van der Waals surface area (Å²) in [5.41, 5.74) is 1.07. The number of nitrogens with one attached hydrogen (secondary N) is 1. The van der Waals surface area contributed by atoms with Crippen molar-refractivity contribution in [2.45, 2.75) is 36.5 Å². The average molecular weight is 515 g/mol. The van der Waals surface area contributed by atoms with Crippen molar-refractivity contribution in [1.29, 1.82) is 0 Å². The molecule has 1 N–H and O–H groups in total. The maximum absolute atomic E-state index is 14.5. The molecule has 3 aromatic carbocycles. The fraction of sp³-hybridized carbons (Fsp3) is 0.231. The van der Waals surface area contributed by atoms with Crippen LogP contribution in [0, 0.1) is 5.82 Å². The number of hydrogen-bond acceptors (Lipinski definition) is 4. The third-order valence-electron chi connectivity index (χ3n) is 5.55. The lowest BCUT2D eigenvalue weighted by Crippen LogP contribution is -2.37. The van der Waals surface area contributed by atoms with Crippen LogP contribution in [0.15, 0.2) is 83.8 Å². The molecule has 0 bridgehead atoms. The van der Waals surface area contributed by atoms with E-state index in [4.69, 9.17) is 4.74 Å².